The van der Waals surface area contributed by atoms with E-state index in [4.69, 9.17) is 10.5 Å². The molecule has 2 aromatic carbocycles. The number of esters is 1. The van der Waals surface area contributed by atoms with Crippen molar-refractivity contribution < 1.29 is 19.1 Å². The fraction of sp³-hybridized carbons (Fsp3) is 0.409. The van der Waals surface area contributed by atoms with Gasteiger partial charge in [0.2, 0.25) is 11.8 Å². The number of amides is 2. The Labute approximate surface area is 171 Å². The highest BCUT2D eigenvalue weighted by molar-refractivity contribution is 5.91. The third kappa shape index (κ3) is 6.87. The summed E-state index contributed by atoms with van der Waals surface area (Å²) in [6.45, 7) is 4.22. The highest BCUT2D eigenvalue weighted by Gasteiger charge is 2.22. The van der Waals surface area contributed by atoms with Crippen LogP contribution >= 0.6 is 0 Å². The first kappa shape index (κ1) is 22.4. The van der Waals surface area contributed by atoms with Crippen LogP contribution in [-0.4, -0.2) is 36.5 Å². The molecule has 2 atom stereocenters. The predicted octanol–water partition coefficient (Wildman–Crippen LogP) is 2.02. The summed E-state index contributed by atoms with van der Waals surface area (Å²) in [6.07, 6.45) is 1.45. The van der Waals surface area contributed by atoms with E-state index in [9.17, 15) is 14.4 Å². The topological polar surface area (TPSA) is 111 Å². The van der Waals surface area contributed by atoms with Crippen LogP contribution in [0.3, 0.4) is 0 Å². The van der Waals surface area contributed by atoms with Crippen molar-refractivity contribution in [1.82, 2.24) is 10.6 Å². The summed E-state index contributed by atoms with van der Waals surface area (Å²) in [7, 11) is 0. The van der Waals surface area contributed by atoms with Gasteiger partial charge in [0.05, 0.1) is 19.1 Å². The molecule has 0 bridgehead atoms. The van der Waals surface area contributed by atoms with Crippen LogP contribution in [0.15, 0.2) is 42.5 Å². The number of benzene rings is 2. The molecule has 0 saturated heterocycles. The largest absolute Gasteiger partial charge is 0.466 e. The summed E-state index contributed by atoms with van der Waals surface area (Å²) in [5.74, 6) is -1.41. The van der Waals surface area contributed by atoms with E-state index in [0.29, 0.717) is 13.2 Å². The maximum atomic E-state index is 12.3. The van der Waals surface area contributed by atoms with Gasteiger partial charge < -0.3 is 21.1 Å². The fourth-order valence-corrected chi connectivity index (χ4v) is 2.83. The molecule has 2 aromatic rings. The minimum Gasteiger partial charge on any atom is -0.466 e. The Hall–Kier alpha value is -2.93. The molecule has 156 valence electrons. The van der Waals surface area contributed by atoms with Gasteiger partial charge in [0, 0.05) is 6.54 Å². The summed E-state index contributed by atoms with van der Waals surface area (Å²) < 4.78 is 5.00. The normalized spacial score (nSPS) is 12.8. The molecule has 0 aliphatic rings. The summed E-state index contributed by atoms with van der Waals surface area (Å²) in [5, 5.41) is 7.53. The van der Waals surface area contributed by atoms with Crippen molar-refractivity contribution in [3.63, 3.8) is 0 Å². The molecule has 0 unspecified atom stereocenters. The first-order valence-corrected chi connectivity index (χ1v) is 9.88. The SMILES string of the molecule is CCCCOC(=O)C[C@H](N)C(=O)N[C@@H](C)C(=O)NCc1cccc2ccccc12. The molecule has 0 fully saturated rings. The van der Waals surface area contributed by atoms with Gasteiger partial charge in [-0.05, 0) is 29.7 Å². The summed E-state index contributed by atoms with van der Waals surface area (Å²) >= 11 is 0. The van der Waals surface area contributed by atoms with Crippen molar-refractivity contribution in [2.45, 2.75) is 51.7 Å². The van der Waals surface area contributed by atoms with Gasteiger partial charge in [0.15, 0.2) is 0 Å². The Morgan fingerprint density at radius 2 is 1.79 bits per heavy atom. The Bertz CT molecular complexity index is 848. The number of hydrogen-bond donors (Lipinski definition) is 3. The minimum atomic E-state index is -1.06. The van der Waals surface area contributed by atoms with E-state index in [1.54, 1.807) is 6.92 Å². The molecule has 7 nitrogen and oxygen atoms in total. The van der Waals surface area contributed by atoms with Crippen molar-refractivity contribution in [2.75, 3.05) is 6.61 Å². The fourth-order valence-electron chi connectivity index (χ4n) is 2.83. The monoisotopic (exact) mass is 399 g/mol. The van der Waals surface area contributed by atoms with Crippen LogP contribution in [0.2, 0.25) is 0 Å². The number of nitrogens with one attached hydrogen (secondary N) is 2. The number of carbonyl (C=O) groups is 3. The minimum absolute atomic E-state index is 0.222. The van der Waals surface area contributed by atoms with Crippen molar-refractivity contribution in [3.05, 3.63) is 48.0 Å². The number of nitrogens with two attached hydrogens (primary N) is 1. The molecule has 4 N–H and O–H groups in total. The zero-order chi connectivity index (χ0) is 21.2. The number of hydrogen-bond acceptors (Lipinski definition) is 5. The van der Waals surface area contributed by atoms with Gasteiger partial charge in [-0.15, -0.1) is 0 Å². The lowest BCUT2D eigenvalue weighted by atomic mass is 10.0. The number of unbranched alkanes of at least 4 members (excludes halogenated alkanes) is 1. The van der Waals surface area contributed by atoms with Gasteiger partial charge >= 0.3 is 5.97 Å². The maximum Gasteiger partial charge on any atom is 0.307 e. The summed E-state index contributed by atoms with van der Waals surface area (Å²) in [6, 6.07) is 12.0. The molecule has 2 rings (SSSR count). The zero-order valence-corrected chi connectivity index (χ0v) is 16.9. The number of rotatable bonds is 10. The molecule has 0 radical (unpaired) electrons. The van der Waals surface area contributed by atoms with E-state index in [2.05, 4.69) is 10.6 Å². The van der Waals surface area contributed by atoms with Crippen molar-refractivity contribution in [2.24, 2.45) is 5.73 Å². The zero-order valence-electron chi connectivity index (χ0n) is 16.9. The predicted molar refractivity (Wildman–Crippen MR) is 112 cm³/mol. The molecular weight excluding hydrogens is 370 g/mol. The van der Waals surface area contributed by atoms with E-state index in [1.165, 1.54) is 0 Å². The second-order valence-electron chi connectivity index (χ2n) is 6.97. The van der Waals surface area contributed by atoms with E-state index in [0.717, 1.165) is 29.2 Å². The Kier molecular flexibility index (Phi) is 8.61. The van der Waals surface area contributed by atoms with Gasteiger partial charge in [-0.2, -0.15) is 0 Å². The number of fused-ring (bicyclic) bond motifs is 1. The second-order valence-corrected chi connectivity index (χ2v) is 6.97. The molecule has 0 aliphatic carbocycles. The molecule has 2 amide bonds. The summed E-state index contributed by atoms with van der Waals surface area (Å²) in [4.78, 5) is 36.2. The average molecular weight is 399 g/mol. The molecule has 7 heteroatoms. The highest BCUT2D eigenvalue weighted by Crippen LogP contribution is 2.18. The molecule has 29 heavy (non-hydrogen) atoms. The van der Waals surface area contributed by atoms with Gasteiger partial charge in [-0.3, -0.25) is 14.4 Å². The van der Waals surface area contributed by atoms with E-state index >= 15 is 0 Å². The lowest BCUT2D eigenvalue weighted by Gasteiger charge is -2.17. The Morgan fingerprint density at radius 3 is 2.55 bits per heavy atom. The standard InChI is InChI=1S/C22H29N3O4/c1-3-4-12-29-20(26)13-19(23)22(28)25-15(2)21(27)24-14-17-10-7-9-16-8-5-6-11-18(16)17/h5-11,15,19H,3-4,12-14,23H2,1-2H3,(H,24,27)(H,25,28)/t15-,19-/m0/s1. The smallest absolute Gasteiger partial charge is 0.307 e. The van der Waals surface area contributed by atoms with Gasteiger partial charge in [0.25, 0.3) is 0 Å². The molecule has 0 aromatic heterocycles. The molecule has 0 heterocycles. The summed E-state index contributed by atoms with van der Waals surface area (Å²) in [5.41, 5.74) is 6.74. The van der Waals surface area contributed by atoms with Crippen LogP contribution in [0.1, 0.15) is 38.7 Å². The second kappa shape index (κ2) is 11.2. The number of carbonyl (C=O) groups excluding carboxylic acids is 3. The highest BCUT2D eigenvalue weighted by atomic mass is 16.5. The van der Waals surface area contributed by atoms with E-state index in [-0.39, 0.29) is 12.3 Å². The Balaban J connectivity index is 1.82. The lowest BCUT2D eigenvalue weighted by molar-refractivity contribution is -0.145. The third-order valence-electron chi connectivity index (χ3n) is 4.57. The maximum absolute atomic E-state index is 12.3. The third-order valence-corrected chi connectivity index (χ3v) is 4.57. The van der Waals surface area contributed by atoms with Crippen LogP contribution in [0.5, 0.6) is 0 Å². The Morgan fingerprint density at radius 1 is 1.07 bits per heavy atom. The molecule has 0 saturated carbocycles. The van der Waals surface area contributed by atoms with E-state index < -0.39 is 24.0 Å². The quantitative estimate of drug-likeness (QED) is 0.418. The van der Waals surface area contributed by atoms with Crippen LogP contribution in [-0.2, 0) is 25.7 Å². The first-order valence-electron chi connectivity index (χ1n) is 9.88. The van der Waals surface area contributed by atoms with E-state index in [1.807, 2.05) is 49.4 Å². The number of ether oxygens (including phenoxy) is 1. The van der Waals surface area contributed by atoms with Crippen LogP contribution in [0.25, 0.3) is 10.8 Å². The molecule has 0 spiro atoms. The van der Waals surface area contributed by atoms with Crippen molar-refractivity contribution in [3.8, 4) is 0 Å². The van der Waals surface area contributed by atoms with Crippen LogP contribution < -0.4 is 16.4 Å². The lowest BCUT2D eigenvalue weighted by Crippen LogP contribution is -2.50. The molecular formula is C22H29N3O4. The molecule has 0 aliphatic heterocycles. The van der Waals surface area contributed by atoms with Gasteiger partial charge in [-0.1, -0.05) is 55.8 Å². The van der Waals surface area contributed by atoms with Crippen molar-refractivity contribution >= 4 is 28.6 Å². The van der Waals surface area contributed by atoms with Crippen molar-refractivity contribution in [1.29, 1.82) is 0 Å². The van der Waals surface area contributed by atoms with Crippen LogP contribution in [0, 0.1) is 0 Å². The van der Waals surface area contributed by atoms with Gasteiger partial charge in [0.1, 0.15) is 6.04 Å². The average Bonchev–Trinajstić information content (AvgIpc) is 2.71. The van der Waals surface area contributed by atoms with Gasteiger partial charge in [-0.25, -0.2) is 0 Å². The van der Waals surface area contributed by atoms with Crippen LogP contribution in [0.4, 0.5) is 0 Å². The first-order chi connectivity index (χ1) is 13.9.